The zero-order valence-corrected chi connectivity index (χ0v) is 49.2. The number of rotatable bonds is 32. The average Bonchev–Trinajstić information content (AvgIpc) is 3.21. The van der Waals surface area contributed by atoms with E-state index >= 15 is 0 Å². The Labute approximate surface area is 500 Å². The summed E-state index contributed by atoms with van der Waals surface area (Å²) in [5, 5.41) is 0. The molecule has 8 aromatic rings. The van der Waals surface area contributed by atoms with E-state index in [0.717, 1.165) is 44.5 Å². The van der Waals surface area contributed by atoms with Gasteiger partial charge in [0.15, 0.2) is 12.6 Å². The second-order valence-electron chi connectivity index (χ2n) is 20.8. The lowest BCUT2D eigenvalue weighted by molar-refractivity contribution is -0.330. The molecule has 2 saturated heterocycles. The topological polar surface area (TPSA) is 129 Å². The van der Waals surface area contributed by atoms with Gasteiger partial charge in [0.05, 0.1) is 66.1 Å². The summed E-state index contributed by atoms with van der Waals surface area (Å²) in [7, 11) is -1.70. The van der Waals surface area contributed by atoms with Crippen LogP contribution in [0.1, 0.15) is 44.5 Å². The Hall–Kier alpha value is -6.58. The molecule has 0 aromatic heterocycles. The molecule has 8 aromatic carbocycles. The van der Waals surface area contributed by atoms with Crippen molar-refractivity contribution in [3.05, 3.63) is 287 Å². The summed E-state index contributed by atoms with van der Waals surface area (Å²) in [6, 6.07) is 79.4. The molecular formula is C70H76O14Si. The van der Waals surface area contributed by atoms with Gasteiger partial charge < -0.3 is 65.1 Å². The van der Waals surface area contributed by atoms with Crippen LogP contribution in [0.3, 0.4) is 0 Å². The maximum atomic E-state index is 7.90. The zero-order chi connectivity index (χ0) is 58.1. The van der Waals surface area contributed by atoms with Crippen molar-refractivity contribution < 1.29 is 65.1 Å². The van der Waals surface area contributed by atoms with Gasteiger partial charge in [0, 0.05) is 14.2 Å². The fourth-order valence-corrected chi connectivity index (χ4v) is 12.6. The molecule has 85 heavy (non-hydrogen) atoms. The van der Waals surface area contributed by atoms with E-state index in [1.807, 2.05) is 243 Å². The largest absolute Gasteiger partial charge is 0.681 e. The molecular weight excluding hydrogens is 1090 g/mol. The third-order valence-corrected chi connectivity index (χ3v) is 16.8. The van der Waals surface area contributed by atoms with Gasteiger partial charge in [0.2, 0.25) is 0 Å². The molecule has 0 bridgehead atoms. The lowest BCUT2D eigenvalue weighted by atomic mass is 9.98. The lowest BCUT2D eigenvalue weighted by Gasteiger charge is -2.49. The van der Waals surface area contributed by atoms with Gasteiger partial charge in [-0.05, 0) is 44.5 Å². The number of hydrogen-bond donors (Lipinski definition) is 0. The Kier molecular flexibility index (Phi) is 23.7. The fourth-order valence-electron chi connectivity index (χ4n) is 10.3. The van der Waals surface area contributed by atoms with Crippen LogP contribution in [0.4, 0.5) is 0 Å². The van der Waals surface area contributed by atoms with Crippen molar-refractivity contribution >= 4 is 9.05 Å². The van der Waals surface area contributed by atoms with E-state index in [2.05, 4.69) is 0 Å². The van der Waals surface area contributed by atoms with Crippen LogP contribution in [-0.4, -0.2) is 97.9 Å². The predicted octanol–water partition coefficient (Wildman–Crippen LogP) is 12.1. The van der Waals surface area contributed by atoms with Crippen LogP contribution < -0.4 is 0 Å². The van der Waals surface area contributed by atoms with Gasteiger partial charge in [-0.3, -0.25) is 0 Å². The third-order valence-electron chi connectivity index (χ3n) is 14.7. The molecule has 0 aliphatic carbocycles. The lowest BCUT2D eigenvalue weighted by Crippen LogP contribution is -2.69. The third kappa shape index (κ3) is 18.2. The number of hydrogen-bond acceptors (Lipinski definition) is 14. The van der Waals surface area contributed by atoms with Crippen molar-refractivity contribution in [2.24, 2.45) is 0 Å². The molecule has 10 rings (SSSR count). The van der Waals surface area contributed by atoms with Gasteiger partial charge in [-0.15, -0.1) is 0 Å². The number of benzene rings is 8. The van der Waals surface area contributed by atoms with Gasteiger partial charge in [0.1, 0.15) is 48.8 Å². The predicted molar refractivity (Wildman–Crippen MR) is 322 cm³/mol. The molecule has 0 unspecified atom stereocenters. The maximum absolute atomic E-state index is 7.90. The van der Waals surface area contributed by atoms with E-state index in [0.29, 0.717) is 13.2 Å². The minimum atomic E-state index is -4.87. The Morgan fingerprint density at radius 2 is 0.518 bits per heavy atom. The van der Waals surface area contributed by atoms with E-state index < -0.39 is 70.5 Å². The summed E-state index contributed by atoms with van der Waals surface area (Å²) >= 11 is 0. The van der Waals surface area contributed by atoms with Crippen LogP contribution in [0.15, 0.2) is 243 Å². The summed E-state index contributed by atoms with van der Waals surface area (Å²) in [4.78, 5) is 0. The van der Waals surface area contributed by atoms with Crippen LogP contribution in [0.2, 0.25) is 0 Å². The minimum absolute atomic E-state index is 0.000901. The van der Waals surface area contributed by atoms with Crippen molar-refractivity contribution in [2.75, 3.05) is 27.4 Å². The SMILES string of the molecule is CO[C@H]1O[C@H](COCc2ccccc2)[C@@H](OCc2ccccc2)[C@H](O[Si](OCc2ccccc2)(OCc2ccccc2)O[C@@H]2[C@@H](OCc3ccccc3)[C@@H](OC)O[C@H](COCc3ccccc3)[C@H]2OCc2ccccc2)[C@H]1OCc1ccccc1. The molecule has 2 aliphatic heterocycles. The van der Waals surface area contributed by atoms with Crippen LogP contribution in [0.5, 0.6) is 0 Å². The highest BCUT2D eigenvalue weighted by atomic mass is 28.4. The van der Waals surface area contributed by atoms with Gasteiger partial charge in [0.25, 0.3) is 0 Å². The van der Waals surface area contributed by atoms with Crippen molar-refractivity contribution in [1.82, 2.24) is 0 Å². The Bertz CT molecular complexity index is 2860. The molecule has 2 heterocycles. The van der Waals surface area contributed by atoms with E-state index in [1.54, 1.807) is 14.2 Å². The molecule has 0 spiro atoms. The van der Waals surface area contributed by atoms with Gasteiger partial charge in [-0.2, -0.15) is 0 Å². The molecule has 14 nitrogen and oxygen atoms in total. The number of methoxy groups -OCH3 is 2. The Morgan fingerprint density at radius 1 is 0.282 bits per heavy atom. The average molecular weight is 1170 g/mol. The van der Waals surface area contributed by atoms with Gasteiger partial charge >= 0.3 is 9.05 Å². The van der Waals surface area contributed by atoms with Crippen LogP contribution in [0, 0.1) is 0 Å². The first kappa shape index (κ1) is 61.5. The second kappa shape index (κ2) is 32.8. The normalized spacial score (nSPS) is 22.5. The van der Waals surface area contributed by atoms with Crippen molar-refractivity contribution in [1.29, 1.82) is 0 Å². The first-order valence-corrected chi connectivity index (χ1v) is 30.6. The molecule has 0 radical (unpaired) electrons. The molecule has 15 heteroatoms. The van der Waals surface area contributed by atoms with Gasteiger partial charge in [-0.1, -0.05) is 243 Å². The quantitative estimate of drug-likeness (QED) is 0.0371. The monoisotopic (exact) mass is 1170 g/mol. The van der Waals surface area contributed by atoms with Crippen LogP contribution in [-0.2, 0) is 118 Å². The highest BCUT2D eigenvalue weighted by molar-refractivity contribution is 6.53. The first-order valence-electron chi connectivity index (χ1n) is 28.9. The fraction of sp³-hybridized carbons (Fsp3) is 0.314. The van der Waals surface area contributed by atoms with Crippen LogP contribution >= 0.6 is 0 Å². The highest BCUT2D eigenvalue weighted by Crippen LogP contribution is 2.38. The summed E-state index contributed by atoms with van der Waals surface area (Å²) < 4.78 is 98.7. The van der Waals surface area contributed by atoms with E-state index in [9.17, 15) is 0 Å². The first-order chi connectivity index (χ1) is 42.0. The summed E-state index contributed by atoms with van der Waals surface area (Å²) in [5.41, 5.74) is 7.32. The Balaban J connectivity index is 1.12. The maximum Gasteiger partial charge on any atom is 0.681 e. The molecule has 2 aliphatic rings. The summed E-state index contributed by atoms with van der Waals surface area (Å²) in [5.74, 6) is 0. The Morgan fingerprint density at radius 3 is 0.776 bits per heavy atom. The van der Waals surface area contributed by atoms with Crippen molar-refractivity contribution in [2.45, 2.75) is 114 Å². The molecule has 0 N–H and O–H groups in total. The van der Waals surface area contributed by atoms with E-state index in [-0.39, 0.29) is 52.9 Å². The number of ether oxygens (including phenoxy) is 10. The standard InChI is InChI=1S/C70H76O14Si/c1-71-69-67(77-47-57-35-19-7-20-36-57)65(63(75-45-55-31-15-5-16-32-55)61(81-69)51-73-43-53-27-11-3-12-28-53)83-85(79-49-59-39-23-9-24-40-59,80-50-60-41-25-10-26-42-60)84-66-64(76-46-56-33-17-6-18-34-56)62(52-74-44-54-29-13-4-14-30-54)82-70(72-2)68(66)78-48-58-37-21-8-22-38-58/h3-42,61-70H,43-52H2,1-2H3/t61-,62-,63-,64-,65+,66+,67-,68-,69+,70+/m1/s1. The van der Waals surface area contributed by atoms with Gasteiger partial charge in [-0.25, -0.2) is 0 Å². The smallest absolute Gasteiger partial charge is 0.374 e. The van der Waals surface area contributed by atoms with Crippen molar-refractivity contribution in [3.63, 3.8) is 0 Å². The van der Waals surface area contributed by atoms with E-state index in [4.69, 9.17) is 65.1 Å². The second-order valence-corrected chi connectivity index (χ2v) is 22.9. The summed E-state index contributed by atoms with van der Waals surface area (Å²) in [6.45, 7) is 1.42. The molecule has 2 fully saturated rings. The van der Waals surface area contributed by atoms with E-state index in [1.165, 1.54) is 0 Å². The minimum Gasteiger partial charge on any atom is -0.374 e. The zero-order valence-electron chi connectivity index (χ0n) is 48.2. The van der Waals surface area contributed by atoms with Crippen LogP contribution in [0.25, 0.3) is 0 Å². The molecule has 10 atom stereocenters. The molecule has 0 amide bonds. The summed E-state index contributed by atoms with van der Waals surface area (Å²) in [6.07, 6.45) is -9.73. The highest BCUT2D eigenvalue weighted by Gasteiger charge is 2.61. The molecule has 0 saturated carbocycles. The van der Waals surface area contributed by atoms with Crippen molar-refractivity contribution in [3.8, 4) is 0 Å². The molecule has 444 valence electrons.